The van der Waals surface area contributed by atoms with E-state index in [0.717, 1.165) is 37.6 Å². The van der Waals surface area contributed by atoms with Gasteiger partial charge in [0.25, 0.3) is 0 Å². The molecular formula is C12H23N5O. The van der Waals surface area contributed by atoms with Crippen molar-refractivity contribution in [2.24, 2.45) is 5.73 Å². The summed E-state index contributed by atoms with van der Waals surface area (Å²) in [6.07, 6.45) is 3.42. The van der Waals surface area contributed by atoms with Crippen LogP contribution in [0.15, 0.2) is 12.4 Å². The number of anilines is 2. The Balaban J connectivity index is 2.41. The Labute approximate surface area is 108 Å². The third-order valence-electron chi connectivity index (χ3n) is 2.49. The zero-order valence-corrected chi connectivity index (χ0v) is 11.1. The number of hydrogen-bond acceptors (Lipinski definition) is 6. The largest absolute Gasteiger partial charge is 0.385 e. The number of ether oxygens (including phenoxy) is 1. The molecule has 0 saturated heterocycles. The Bertz CT molecular complexity index is 334. The van der Waals surface area contributed by atoms with Gasteiger partial charge in [-0.25, -0.2) is 9.97 Å². The summed E-state index contributed by atoms with van der Waals surface area (Å²) in [7, 11) is 1.70. The molecule has 18 heavy (non-hydrogen) atoms. The first-order chi connectivity index (χ1) is 8.76. The van der Waals surface area contributed by atoms with Crippen LogP contribution in [0.2, 0.25) is 0 Å². The summed E-state index contributed by atoms with van der Waals surface area (Å²) in [6.45, 7) is 4.33. The number of methoxy groups -OCH3 is 1. The van der Waals surface area contributed by atoms with Crippen molar-refractivity contribution >= 4 is 11.6 Å². The molecule has 0 amide bonds. The molecule has 1 aromatic rings. The Morgan fingerprint density at radius 2 is 2.17 bits per heavy atom. The Morgan fingerprint density at radius 3 is 2.89 bits per heavy atom. The molecule has 0 saturated carbocycles. The molecule has 1 aromatic heterocycles. The van der Waals surface area contributed by atoms with Gasteiger partial charge < -0.3 is 21.1 Å². The molecule has 6 heteroatoms. The molecule has 6 nitrogen and oxygen atoms in total. The molecule has 102 valence electrons. The van der Waals surface area contributed by atoms with Crippen molar-refractivity contribution in [1.82, 2.24) is 9.97 Å². The van der Waals surface area contributed by atoms with Crippen molar-refractivity contribution in [1.29, 1.82) is 0 Å². The van der Waals surface area contributed by atoms with E-state index in [0.29, 0.717) is 12.6 Å². The summed E-state index contributed by atoms with van der Waals surface area (Å²) in [6, 6.07) is 2.21. The first kappa shape index (κ1) is 14.7. The summed E-state index contributed by atoms with van der Waals surface area (Å²) in [5, 5.41) is 6.52. The molecule has 0 aliphatic heterocycles. The first-order valence-electron chi connectivity index (χ1n) is 6.27. The minimum absolute atomic E-state index is 0.311. The lowest BCUT2D eigenvalue weighted by molar-refractivity contribution is 0.198. The lowest BCUT2D eigenvalue weighted by Crippen LogP contribution is -2.20. The van der Waals surface area contributed by atoms with E-state index >= 15 is 0 Å². The SMILES string of the molecule is COCCCNc1cc(NC(C)CCN)ncn1. The Kier molecular flexibility index (Phi) is 7.05. The molecule has 1 rings (SSSR count). The van der Waals surface area contributed by atoms with Gasteiger partial charge in [0.1, 0.15) is 18.0 Å². The smallest absolute Gasteiger partial charge is 0.131 e. The van der Waals surface area contributed by atoms with Gasteiger partial charge in [-0.2, -0.15) is 0 Å². The fourth-order valence-electron chi connectivity index (χ4n) is 1.54. The fraction of sp³-hybridized carbons (Fsp3) is 0.667. The number of nitrogens with two attached hydrogens (primary N) is 1. The van der Waals surface area contributed by atoms with Gasteiger partial charge in [0.15, 0.2) is 0 Å². The lowest BCUT2D eigenvalue weighted by atomic mass is 10.2. The van der Waals surface area contributed by atoms with E-state index < -0.39 is 0 Å². The molecule has 0 fully saturated rings. The van der Waals surface area contributed by atoms with E-state index in [9.17, 15) is 0 Å². The predicted octanol–water partition coefficient (Wildman–Crippen LogP) is 1.07. The standard InChI is InChI=1S/C12H23N5O/c1-10(4-5-13)17-12-8-11(15-9-16-12)14-6-3-7-18-2/h8-10H,3-7,13H2,1-2H3,(H2,14,15,16,17). The molecule has 1 atom stereocenters. The van der Waals surface area contributed by atoms with Crippen LogP contribution < -0.4 is 16.4 Å². The van der Waals surface area contributed by atoms with Crippen molar-refractivity contribution in [3.05, 3.63) is 12.4 Å². The van der Waals surface area contributed by atoms with Crippen LogP contribution >= 0.6 is 0 Å². The van der Waals surface area contributed by atoms with Gasteiger partial charge in [-0.05, 0) is 26.3 Å². The molecule has 0 bridgehead atoms. The second-order valence-corrected chi connectivity index (χ2v) is 4.18. The first-order valence-corrected chi connectivity index (χ1v) is 6.27. The van der Waals surface area contributed by atoms with Gasteiger partial charge in [-0.1, -0.05) is 0 Å². The van der Waals surface area contributed by atoms with Crippen LogP contribution in [0.4, 0.5) is 11.6 Å². The highest BCUT2D eigenvalue weighted by molar-refractivity contribution is 5.46. The summed E-state index contributed by atoms with van der Waals surface area (Å²) < 4.78 is 4.99. The van der Waals surface area contributed by atoms with Crippen LogP contribution in [0, 0.1) is 0 Å². The number of rotatable bonds is 9. The number of hydrogen-bond donors (Lipinski definition) is 3. The van der Waals surface area contributed by atoms with Crippen LogP contribution in [0.3, 0.4) is 0 Å². The van der Waals surface area contributed by atoms with Gasteiger partial charge in [-0.15, -0.1) is 0 Å². The minimum Gasteiger partial charge on any atom is -0.385 e. The molecule has 0 aromatic carbocycles. The van der Waals surface area contributed by atoms with Gasteiger partial charge in [0.05, 0.1) is 0 Å². The Hall–Kier alpha value is -1.40. The Morgan fingerprint density at radius 1 is 1.39 bits per heavy atom. The van der Waals surface area contributed by atoms with E-state index in [1.807, 2.05) is 6.07 Å². The van der Waals surface area contributed by atoms with E-state index in [1.54, 1.807) is 13.4 Å². The van der Waals surface area contributed by atoms with Gasteiger partial charge >= 0.3 is 0 Å². The van der Waals surface area contributed by atoms with Crippen molar-refractivity contribution in [3.63, 3.8) is 0 Å². The monoisotopic (exact) mass is 253 g/mol. The van der Waals surface area contributed by atoms with Crippen LogP contribution in [0.5, 0.6) is 0 Å². The maximum atomic E-state index is 5.51. The number of nitrogens with one attached hydrogen (secondary N) is 2. The molecule has 0 aliphatic rings. The molecule has 1 unspecified atom stereocenters. The highest BCUT2D eigenvalue weighted by atomic mass is 16.5. The highest BCUT2D eigenvalue weighted by Gasteiger charge is 2.03. The normalized spacial score (nSPS) is 12.2. The number of nitrogens with zero attached hydrogens (tertiary/aromatic N) is 2. The van der Waals surface area contributed by atoms with E-state index in [4.69, 9.17) is 10.5 Å². The second kappa shape index (κ2) is 8.66. The maximum absolute atomic E-state index is 5.51. The van der Waals surface area contributed by atoms with E-state index in [-0.39, 0.29) is 0 Å². The summed E-state index contributed by atoms with van der Waals surface area (Å²) >= 11 is 0. The van der Waals surface area contributed by atoms with Crippen LogP contribution in [0.25, 0.3) is 0 Å². The van der Waals surface area contributed by atoms with Gasteiger partial charge in [0, 0.05) is 32.4 Å². The third kappa shape index (κ3) is 5.79. The molecule has 4 N–H and O–H groups in total. The quantitative estimate of drug-likeness (QED) is 0.571. The molecule has 0 spiro atoms. The summed E-state index contributed by atoms with van der Waals surface area (Å²) in [5.74, 6) is 1.64. The van der Waals surface area contributed by atoms with Crippen LogP contribution in [-0.2, 0) is 4.74 Å². The lowest BCUT2D eigenvalue weighted by Gasteiger charge is -2.13. The minimum atomic E-state index is 0.311. The van der Waals surface area contributed by atoms with Crippen molar-refractivity contribution < 1.29 is 4.74 Å². The molecule has 0 aliphatic carbocycles. The van der Waals surface area contributed by atoms with Crippen molar-refractivity contribution in [2.75, 3.05) is 37.4 Å². The topological polar surface area (TPSA) is 85.1 Å². The van der Waals surface area contributed by atoms with Crippen molar-refractivity contribution in [3.8, 4) is 0 Å². The zero-order chi connectivity index (χ0) is 13.2. The molecular weight excluding hydrogens is 230 g/mol. The second-order valence-electron chi connectivity index (χ2n) is 4.18. The average molecular weight is 253 g/mol. The van der Waals surface area contributed by atoms with Gasteiger partial charge in [0.2, 0.25) is 0 Å². The predicted molar refractivity (Wildman–Crippen MR) is 73.8 cm³/mol. The number of aromatic nitrogens is 2. The van der Waals surface area contributed by atoms with Crippen LogP contribution in [-0.4, -0.2) is 42.8 Å². The summed E-state index contributed by atoms with van der Waals surface area (Å²) in [5.41, 5.74) is 5.51. The fourth-order valence-corrected chi connectivity index (χ4v) is 1.54. The molecule has 1 heterocycles. The highest BCUT2D eigenvalue weighted by Crippen LogP contribution is 2.10. The third-order valence-corrected chi connectivity index (χ3v) is 2.49. The van der Waals surface area contributed by atoms with Gasteiger partial charge in [-0.3, -0.25) is 0 Å². The molecule has 0 radical (unpaired) electrons. The van der Waals surface area contributed by atoms with Crippen molar-refractivity contribution in [2.45, 2.75) is 25.8 Å². The average Bonchev–Trinajstić information content (AvgIpc) is 2.35. The summed E-state index contributed by atoms with van der Waals surface area (Å²) in [4.78, 5) is 8.34. The van der Waals surface area contributed by atoms with E-state index in [2.05, 4.69) is 27.5 Å². The zero-order valence-electron chi connectivity index (χ0n) is 11.1. The van der Waals surface area contributed by atoms with E-state index in [1.165, 1.54) is 0 Å². The van der Waals surface area contributed by atoms with Crippen LogP contribution in [0.1, 0.15) is 19.8 Å². The maximum Gasteiger partial charge on any atom is 0.131 e.